The van der Waals surface area contributed by atoms with E-state index in [0.29, 0.717) is 42.4 Å². The summed E-state index contributed by atoms with van der Waals surface area (Å²) in [5.41, 5.74) is 9.32. The molecule has 0 bridgehead atoms. The Morgan fingerprint density at radius 3 is 2.90 bits per heavy atom. The average molecular weight is 533 g/mol. The van der Waals surface area contributed by atoms with Crippen LogP contribution in [0.1, 0.15) is 27.9 Å². The number of hydrogen-bond donors (Lipinski definition) is 2. The molecule has 2 aliphatic heterocycles. The monoisotopic (exact) mass is 532 g/mol. The highest BCUT2D eigenvalue weighted by Gasteiger charge is 2.37. The molecule has 5 heterocycles. The summed E-state index contributed by atoms with van der Waals surface area (Å²) in [6.45, 7) is 1.20. The van der Waals surface area contributed by atoms with Crippen molar-refractivity contribution < 1.29 is 23.4 Å². The van der Waals surface area contributed by atoms with Crippen molar-refractivity contribution in [1.82, 2.24) is 19.5 Å². The Hall–Kier alpha value is -4.22. The van der Waals surface area contributed by atoms with Gasteiger partial charge in [0.25, 0.3) is 5.91 Å². The molecule has 6 rings (SSSR count). The largest absolute Gasteiger partial charge is 0.497 e. The Balaban J connectivity index is 1.43. The van der Waals surface area contributed by atoms with E-state index in [9.17, 15) is 4.79 Å². The van der Waals surface area contributed by atoms with Gasteiger partial charge in [0.15, 0.2) is 11.6 Å². The fraction of sp³-hybridized carbons (Fsp3) is 0.321. The van der Waals surface area contributed by atoms with E-state index in [4.69, 9.17) is 19.9 Å². The Morgan fingerprint density at radius 1 is 1.23 bits per heavy atom. The number of nitrogens with one attached hydrogen (secondary N) is 1. The smallest absolute Gasteiger partial charge is 0.257 e. The van der Waals surface area contributed by atoms with E-state index in [1.54, 1.807) is 42.0 Å². The number of pyridine rings is 2. The van der Waals surface area contributed by atoms with Crippen molar-refractivity contribution in [2.45, 2.75) is 31.6 Å². The maximum Gasteiger partial charge on any atom is 0.257 e. The van der Waals surface area contributed by atoms with Gasteiger partial charge in [-0.15, -0.1) is 0 Å². The van der Waals surface area contributed by atoms with Gasteiger partial charge in [-0.3, -0.25) is 4.79 Å². The van der Waals surface area contributed by atoms with Gasteiger partial charge in [-0.25, -0.2) is 13.9 Å². The number of carbonyl (C=O) groups excluding carboxylic acids is 1. The van der Waals surface area contributed by atoms with Crippen molar-refractivity contribution in [2.75, 3.05) is 32.8 Å². The topological polar surface area (TPSA) is 116 Å². The molecule has 1 fully saturated rings. The molecule has 10 nitrogen and oxygen atoms in total. The summed E-state index contributed by atoms with van der Waals surface area (Å²) in [7, 11) is 3.14. The second kappa shape index (κ2) is 10.2. The predicted octanol–water partition coefficient (Wildman–Crippen LogP) is 3.24. The van der Waals surface area contributed by atoms with Gasteiger partial charge in [0.1, 0.15) is 11.5 Å². The number of fused-ring (bicyclic) bond motifs is 2. The number of rotatable bonds is 7. The lowest BCUT2D eigenvalue weighted by molar-refractivity contribution is 0.0750. The maximum atomic E-state index is 16.1. The van der Waals surface area contributed by atoms with Crippen molar-refractivity contribution in [2.24, 2.45) is 5.73 Å². The van der Waals surface area contributed by atoms with Gasteiger partial charge >= 0.3 is 0 Å². The van der Waals surface area contributed by atoms with Crippen LogP contribution in [0, 0.1) is 5.82 Å². The number of methoxy groups -OCH3 is 2. The molecule has 1 aromatic carbocycles. The number of halogens is 1. The van der Waals surface area contributed by atoms with Crippen LogP contribution in [0.4, 0.5) is 10.2 Å². The molecule has 0 saturated carbocycles. The number of benzene rings is 1. The van der Waals surface area contributed by atoms with Crippen LogP contribution in [0.5, 0.6) is 11.5 Å². The number of aromatic nitrogens is 3. The number of hydrogen-bond acceptors (Lipinski definition) is 8. The van der Waals surface area contributed by atoms with Crippen LogP contribution in [0.3, 0.4) is 0 Å². The van der Waals surface area contributed by atoms with Gasteiger partial charge in [-0.1, -0.05) is 6.07 Å². The molecule has 39 heavy (non-hydrogen) atoms. The van der Waals surface area contributed by atoms with E-state index in [-0.39, 0.29) is 48.0 Å². The Morgan fingerprint density at radius 2 is 2.10 bits per heavy atom. The normalized spacial score (nSPS) is 18.9. The van der Waals surface area contributed by atoms with E-state index >= 15 is 4.39 Å². The van der Waals surface area contributed by atoms with E-state index in [1.165, 1.54) is 0 Å². The fourth-order valence-electron chi connectivity index (χ4n) is 5.25. The minimum absolute atomic E-state index is 0.0676. The van der Waals surface area contributed by atoms with Gasteiger partial charge in [0, 0.05) is 54.2 Å². The summed E-state index contributed by atoms with van der Waals surface area (Å²) >= 11 is 0. The number of anilines is 1. The Labute approximate surface area is 224 Å². The quantitative estimate of drug-likeness (QED) is 0.373. The van der Waals surface area contributed by atoms with Gasteiger partial charge in [-0.05, 0) is 30.7 Å². The first kappa shape index (κ1) is 25.1. The van der Waals surface area contributed by atoms with Gasteiger partial charge in [-0.2, -0.15) is 5.10 Å². The summed E-state index contributed by atoms with van der Waals surface area (Å²) < 4.78 is 34.1. The lowest BCUT2D eigenvalue weighted by atomic mass is 10.0. The van der Waals surface area contributed by atoms with Gasteiger partial charge < -0.3 is 30.2 Å². The van der Waals surface area contributed by atoms with Gasteiger partial charge in [0.2, 0.25) is 0 Å². The second-order valence-corrected chi connectivity index (χ2v) is 9.68. The minimum Gasteiger partial charge on any atom is -0.497 e. The van der Waals surface area contributed by atoms with E-state index in [1.807, 2.05) is 30.5 Å². The summed E-state index contributed by atoms with van der Waals surface area (Å²) in [6.07, 6.45) is 4.09. The van der Waals surface area contributed by atoms with Crippen LogP contribution >= 0.6 is 0 Å². The average Bonchev–Trinajstić information content (AvgIpc) is 3.53. The van der Waals surface area contributed by atoms with Crippen LogP contribution in [0.25, 0.3) is 16.8 Å². The van der Waals surface area contributed by atoms with E-state index in [2.05, 4.69) is 15.4 Å². The Bertz CT molecular complexity index is 1560. The second-order valence-electron chi connectivity index (χ2n) is 9.68. The lowest BCUT2D eigenvalue weighted by Gasteiger charge is -2.30. The van der Waals surface area contributed by atoms with E-state index in [0.717, 1.165) is 11.1 Å². The fourth-order valence-corrected chi connectivity index (χ4v) is 5.25. The summed E-state index contributed by atoms with van der Waals surface area (Å²) in [5.74, 6) is 0.420. The molecule has 0 spiro atoms. The molecular weight excluding hydrogens is 503 g/mol. The van der Waals surface area contributed by atoms with Crippen LogP contribution in [0.2, 0.25) is 0 Å². The third kappa shape index (κ3) is 4.43. The van der Waals surface area contributed by atoms with Crippen molar-refractivity contribution >= 4 is 17.2 Å². The zero-order valence-electron chi connectivity index (χ0n) is 21.7. The van der Waals surface area contributed by atoms with Crippen LogP contribution in [0.15, 0.2) is 48.8 Å². The molecule has 0 aliphatic carbocycles. The molecule has 1 saturated heterocycles. The molecule has 11 heteroatoms. The van der Waals surface area contributed by atoms with Crippen LogP contribution in [-0.4, -0.2) is 64.9 Å². The first-order chi connectivity index (χ1) is 19.0. The summed E-state index contributed by atoms with van der Waals surface area (Å²) in [4.78, 5) is 20.1. The molecule has 0 radical (unpaired) electrons. The molecular formula is C28H29FN6O4. The highest BCUT2D eigenvalue weighted by Crippen LogP contribution is 2.39. The minimum atomic E-state index is -0.554. The number of amides is 1. The number of nitrogens with zero attached hydrogens (tertiary/aromatic N) is 4. The third-order valence-electron chi connectivity index (χ3n) is 7.34. The maximum absolute atomic E-state index is 16.1. The molecule has 3 N–H and O–H groups in total. The highest BCUT2D eigenvalue weighted by molar-refractivity contribution is 6.05. The highest BCUT2D eigenvalue weighted by atomic mass is 19.1. The molecule has 4 aromatic rings. The van der Waals surface area contributed by atoms with Crippen molar-refractivity contribution in [3.05, 3.63) is 71.3 Å². The SMILES string of the molecule is COc1ccc(CN2Cc3c(F)c(NC4CCOCC4N)nc(-c4cnn5ccccc45)c3C2=O)c(OC)c1. The standard InChI is InChI=1S/C28H29FN6O4/c1-37-17-7-6-16(23(11-17)38-2)13-34-14-19-24(28(34)36)26(18-12-31-35-9-4-3-5-22(18)35)33-27(25(19)29)32-21-8-10-39-15-20(21)30/h3-7,9,11-12,20-21H,8,10,13-15,30H2,1-2H3,(H,32,33). The molecule has 1 amide bonds. The zero-order valence-corrected chi connectivity index (χ0v) is 21.7. The summed E-state index contributed by atoms with van der Waals surface area (Å²) in [5, 5.41) is 7.63. The zero-order chi connectivity index (χ0) is 27.1. The van der Waals surface area contributed by atoms with Crippen molar-refractivity contribution in [1.29, 1.82) is 0 Å². The first-order valence-electron chi connectivity index (χ1n) is 12.7. The molecule has 3 aromatic heterocycles. The van der Waals surface area contributed by atoms with E-state index < -0.39 is 5.82 Å². The van der Waals surface area contributed by atoms with Crippen molar-refractivity contribution in [3.63, 3.8) is 0 Å². The van der Waals surface area contributed by atoms with Gasteiger partial charge in [0.05, 0.1) is 50.3 Å². The Kier molecular flexibility index (Phi) is 6.53. The molecule has 202 valence electrons. The molecule has 2 aliphatic rings. The first-order valence-corrected chi connectivity index (χ1v) is 12.7. The number of nitrogens with two attached hydrogens (primary N) is 1. The molecule has 2 atom stereocenters. The number of ether oxygens (including phenoxy) is 3. The van der Waals surface area contributed by atoms with Crippen molar-refractivity contribution in [3.8, 4) is 22.8 Å². The predicted molar refractivity (Wildman–Crippen MR) is 142 cm³/mol. The summed E-state index contributed by atoms with van der Waals surface area (Å²) in [6, 6.07) is 10.5. The van der Waals surface area contributed by atoms with Crippen LogP contribution in [-0.2, 0) is 17.8 Å². The molecule has 2 unspecified atom stereocenters. The van der Waals surface area contributed by atoms with Crippen LogP contribution < -0.4 is 20.5 Å². The third-order valence-corrected chi connectivity index (χ3v) is 7.34. The number of carbonyl (C=O) groups is 1. The lowest BCUT2D eigenvalue weighted by Crippen LogP contribution is -2.48.